The van der Waals surface area contributed by atoms with Gasteiger partial charge >= 0.3 is 0 Å². The maximum atomic E-state index is 12.9. The van der Waals surface area contributed by atoms with Gasteiger partial charge < -0.3 is 15.4 Å². The molecule has 1 amide bonds. The van der Waals surface area contributed by atoms with Crippen molar-refractivity contribution in [1.29, 1.82) is 0 Å². The van der Waals surface area contributed by atoms with Gasteiger partial charge in [-0.05, 0) is 49.1 Å². The number of carbonyl (C=O) groups excluding carboxylic acids is 1. The molecule has 0 saturated carbocycles. The van der Waals surface area contributed by atoms with Gasteiger partial charge in [-0.3, -0.25) is 4.79 Å². The summed E-state index contributed by atoms with van der Waals surface area (Å²) >= 11 is 0. The highest BCUT2D eigenvalue weighted by Gasteiger charge is 2.16. The molecule has 25 heavy (non-hydrogen) atoms. The highest BCUT2D eigenvalue weighted by Crippen LogP contribution is 2.12. The van der Waals surface area contributed by atoms with Crippen LogP contribution in [0.5, 0.6) is 0 Å². The van der Waals surface area contributed by atoms with Gasteiger partial charge in [0.05, 0.1) is 6.10 Å². The molecule has 0 aliphatic carbocycles. The number of ether oxygens (including phenoxy) is 1. The number of carbonyl (C=O) groups is 1. The predicted molar refractivity (Wildman–Crippen MR) is 94.1 cm³/mol. The van der Waals surface area contributed by atoms with E-state index < -0.39 is 0 Å². The first-order valence-corrected chi connectivity index (χ1v) is 8.55. The summed E-state index contributed by atoms with van der Waals surface area (Å²) < 4.78 is 18.4. The van der Waals surface area contributed by atoms with Gasteiger partial charge in [0.1, 0.15) is 11.6 Å². The molecular formula is C19H22FN3O2. The molecule has 1 aliphatic heterocycles. The summed E-state index contributed by atoms with van der Waals surface area (Å²) in [6.45, 7) is 1.96. The largest absolute Gasteiger partial charge is 0.376 e. The van der Waals surface area contributed by atoms with Gasteiger partial charge in [0, 0.05) is 31.5 Å². The Kier molecular flexibility index (Phi) is 5.95. The summed E-state index contributed by atoms with van der Waals surface area (Å²) in [5.41, 5.74) is 1.61. The van der Waals surface area contributed by atoms with E-state index >= 15 is 0 Å². The molecule has 1 unspecified atom stereocenters. The fraction of sp³-hybridized carbons (Fsp3) is 0.368. The highest BCUT2D eigenvalue weighted by atomic mass is 19.1. The van der Waals surface area contributed by atoms with Crippen LogP contribution in [0.1, 0.15) is 28.8 Å². The van der Waals surface area contributed by atoms with Crippen LogP contribution in [0.15, 0.2) is 42.6 Å². The Hall–Kier alpha value is -2.47. The van der Waals surface area contributed by atoms with E-state index in [-0.39, 0.29) is 17.8 Å². The molecule has 132 valence electrons. The topological polar surface area (TPSA) is 63.2 Å². The summed E-state index contributed by atoms with van der Waals surface area (Å²) in [5, 5.41) is 6.09. The van der Waals surface area contributed by atoms with Crippen molar-refractivity contribution in [3.63, 3.8) is 0 Å². The van der Waals surface area contributed by atoms with Crippen molar-refractivity contribution in [2.45, 2.75) is 25.4 Å². The molecule has 1 atom stereocenters. The second-order valence-electron chi connectivity index (χ2n) is 6.08. The van der Waals surface area contributed by atoms with E-state index in [4.69, 9.17) is 4.74 Å². The van der Waals surface area contributed by atoms with Crippen molar-refractivity contribution >= 4 is 11.7 Å². The fourth-order valence-corrected chi connectivity index (χ4v) is 2.77. The lowest BCUT2D eigenvalue weighted by atomic mass is 10.1. The van der Waals surface area contributed by atoms with E-state index in [2.05, 4.69) is 15.6 Å². The molecule has 0 bridgehead atoms. The number of hydrogen-bond acceptors (Lipinski definition) is 4. The SMILES string of the molecule is O=C(NCC1CCCO1)c1ccnc(NCCc2ccc(F)cc2)c1. The Labute approximate surface area is 146 Å². The quantitative estimate of drug-likeness (QED) is 0.811. The first-order valence-electron chi connectivity index (χ1n) is 8.55. The van der Waals surface area contributed by atoms with Crippen molar-refractivity contribution in [3.05, 3.63) is 59.5 Å². The average molecular weight is 343 g/mol. The lowest BCUT2D eigenvalue weighted by Gasteiger charge is -2.11. The van der Waals surface area contributed by atoms with Crippen molar-refractivity contribution in [2.75, 3.05) is 25.0 Å². The summed E-state index contributed by atoms with van der Waals surface area (Å²) in [7, 11) is 0. The third-order valence-corrected chi connectivity index (χ3v) is 4.17. The molecule has 1 aromatic carbocycles. The minimum atomic E-state index is -0.236. The Bertz CT molecular complexity index is 700. The smallest absolute Gasteiger partial charge is 0.251 e. The second-order valence-corrected chi connectivity index (χ2v) is 6.08. The zero-order chi connectivity index (χ0) is 17.5. The van der Waals surface area contributed by atoms with E-state index in [1.165, 1.54) is 12.1 Å². The molecule has 2 heterocycles. The first kappa shape index (κ1) is 17.4. The predicted octanol–water partition coefficient (Wildman–Crippen LogP) is 2.78. The van der Waals surface area contributed by atoms with Crippen LogP contribution in [0.3, 0.4) is 0 Å². The number of pyridine rings is 1. The summed E-state index contributed by atoms with van der Waals surface area (Å²) in [4.78, 5) is 16.5. The summed E-state index contributed by atoms with van der Waals surface area (Å²) in [6, 6.07) is 9.85. The maximum absolute atomic E-state index is 12.9. The molecule has 6 heteroatoms. The first-order chi connectivity index (χ1) is 12.2. The molecule has 1 aliphatic rings. The van der Waals surface area contributed by atoms with Gasteiger partial charge in [0.2, 0.25) is 0 Å². The Morgan fingerprint density at radius 3 is 2.88 bits per heavy atom. The zero-order valence-electron chi connectivity index (χ0n) is 14.0. The molecule has 2 aromatic rings. The molecule has 5 nitrogen and oxygen atoms in total. The summed E-state index contributed by atoms with van der Waals surface area (Å²) in [6.07, 6.45) is 4.53. The number of anilines is 1. The van der Waals surface area contributed by atoms with Crippen LogP contribution in [0.25, 0.3) is 0 Å². The maximum Gasteiger partial charge on any atom is 0.251 e. The summed E-state index contributed by atoms with van der Waals surface area (Å²) in [5.74, 6) is 0.284. The van der Waals surface area contributed by atoms with Crippen molar-refractivity contribution in [1.82, 2.24) is 10.3 Å². The van der Waals surface area contributed by atoms with Gasteiger partial charge in [-0.15, -0.1) is 0 Å². The molecule has 0 spiro atoms. The van der Waals surface area contributed by atoms with Gasteiger partial charge in [-0.1, -0.05) is 12.1 Å². The number of nitrogens with one attached hydrogen (secondary N) is 2. The van der Waals surface area contributed by atoms with Crippen molar-refractivity contribution < 1.29 is 13.9 Å². The van der Waals surface area contributed by atoms with Crippen LogP contribution in [-0.4, -0.2) is 36.7 Å². The molecule has 2 N–H and O–H groups in total. The number of hydrogen-bond donors (Lipinski definition) is 2. The van der Waals surface area contributed by atoms with Crippen molar-refractivity contribution in [2.24, 2.45) is 0 Å². The fourth-order valence-electron chi connectivity index (χ4n) is 2.77. The second kappa shape index (κ2) is 8.58. The van der Waals surface area contributed by atoms with Crippen LogP contribution < -0.4 is 10.6 Å². The number of aromatic nitrogens is 1. The zero-order valence-corrected chi connectivity index (χ0v) is 14.0. The van der Waals surface area contributed by atoms with Gasteiger partial charge in [0.15, 0.2) is 0 Å². The number of benzene rings is 1. The van der Waals surface area contributed by atoms with E-state index in [9.17, 15) is 9.18 Å². The molecule has 3 rings (SSSR count). The van der Waals surface area contributed by atoms with E-state index in [1.807, 2.05) is 0 Å². The van der Waals surface area contributed by atoms with Gasteiger partial charge in [-0.25, -0.2) is 9.37 Å². The van der Waals surface area contributed by atoms with Gasteiger partial charge in [0.25, 0.3) is 5.91 Å². The third kappa shape index (κ3) is 5.26. The van der Waals surface area contributed by atoms with E-state index in [0.717, 1.165) is 31.4 Å². The Morgan fingerprint density at radius 1 is 1.28 bits per heavy atom. The number of rotatable bonds is 7. The standard InChI is InChI=1S/C19H22FN3O2/c20-16-5-3-14(4-6-16)7-9-21-18-12-15(8-10-22-18)19(24)23-13-17-2-1-11-25-17/h3-6,8,10,12,17H,1-2,7,9,11,13H2,(H,21,22)(H,23,24). The van der Waals surface area contributed by atoms with Crippen LogP contribution in [-0.2, 0) is 11.2 Å². The van der Waals surface area contributed by atoms with E-state index in [1.54, 1.807) is 30.5 Å². The lowest BCUT2D eigenvalue weighted by Crippen LogP contribution is -2.31. The van der Waals surface area contributed by atoms with Crippen LogP contribution in [0.4, 0.5) is 10.2 Å². The highest BCUT2D eigenvalue weighted by molar-refractivity contribution is 5.94. The van der Waals surface area contributed by atoms with Crippen LogP contribution in [0, 0.1) is 5.82 Å². The Morgan fingerprint density at radius 2 is 2.12 bits per heavy atom. The molecule has 1 fully saturated rings. The normalized spacial score (nSPS) is 16.6. The average Bonchev–Trinajstić information content (AvgIpc) is 3.15. The number of amides is 1. The minimum Gasteiger partial charge on any atom is -0.376 e. The van der Waals surface area contributed by atoms with Gasteiger partial charge in [-0.2, -0.15) is 0 Å². The molecule has 0 radical (unpaired) electrons. The Balaban J connectivity index is 1.48. The third-order valence-electron chi connectivity index (χ3n) is 4.17. The lowest BCUT2D eigenvalue weighted by molar-refractivity contribution is 0.0857. The minimum absolute atomic E-state index is 0.124. The number of nitrogens with zero attached hydrogens (tertiary/aromatic N) is 1. The van der Waals surface area contributed by atoms with Crippen LogP contribution in [0.2, 0.25) is 0 Å². The van der Waals surface area contributed by atoms with Crippen molar-refractivity contribution in [3.8, 4) is 0 Å². The number of halogens is 1. The van der Waals surface area contributed by atoms with E-state index in [0.29, 0.717) is 24.5 Å². The monoisotopic (exact) mass is 343 g/mol. The molecule has 1 aromatic heterocycles. The molecule has 1 saturated heterocycles. The molecular weight excluding hydrogens is 321 g/mol. The van der Waals surface area contributed by atoms with Crippen LogP contribution >= 0.6 is 0 Å².